The molecule has 0 N–H and O–H groups in total. The molecule has 2 aromatic carbocycles. The highest BCUT2D eigenvalue weighted by molar-refractivity contribution is 5.98. The predicted molar refractivity (Wildman–Crippen MR) is 116 cm³/mol. The van der Waals surface area contributed by atoms with Crippen molar-refractivity contribution < 1.29 is 18.0 Å². The van der Waals surface area contributed by atoms with Crippen molar-refractivity contribution in [2.75, 3.05) is 31.1 Å². The number of hydrogen-bond donors (Lipinski definition) is 0. The molecule has 0 spiro atoms. The molecule has 2 aliphatic rings. The lowest BCUT2D eigenvalue weighted by Gasteiger charge is -2.36. The van der Waals surface area contributed by atoms with Crippen LogP contribution in [0.2, 0.25) is 0 Å². The minimum absolute atomic E-state index is 0.149. The Hall–Kier alpha value is -3.29. The number of carbonyl (C=O) groups excluding carboxylic acids is 1. The van der Waals surface area contributed by atoms with Crippen molar-refractivity contribution in [3.05, 3.63) is 75.6 Å². The van der Waals surface area contributed by atoms with Gasteiger partial charge in [0.05, 0.1) is 11.1 Å². The molecule has 1 saturated heterocycles. The van der Waals surface area contributed by atoms with Crippen LogP contribution in [0, 0.1) is 0 Å². The Morgan fingerprint density at radius 2 is 1.75 bits per heavy atom. The molecule has 0 aliphatic carbocycles. The second kappa shape index (κ2) is 7.39. The van der Waals surface area contributed by atoms with Gasteiger partial charge in [-0.3, -0.25) is 9.59 Å². The third-order valence-corrected chi connectivity index (χ3v) is 6.46. The topological polar surface area (TPSA) is 45.6 Å². The molecule has 3 aromatic rings. The number of benzene rings is 2. The smallest absolute Gasteiger partial charge is 0.368 e. The minimum atomic E-state index is -4.40. The van der Waals surface area contributed by atoms with E-state index in [0.29, 0.717) is 37.3 Å². The van der Waals surface area contributed by atoms with Gasteiger partial charge in [-0.2, -0.15) is 13.2 Å². The number of anilines is 1. The van der Waals surface area contributed by atoms with Gasteiger partial charge in [0.1, 0.15) is 5.56 Å². The lowest BCUT2D eigenvalue weighted by Crippen LogP contribution is -2.49. The highest BCUT2D eigenvalue weighted by atomic mass is 19.4. The molecule has 32 heavy (non-hydrogen) atoms. The average Bonchev–Trinajstić information content (AvgIpc) is 3.11. The van der Waals surface area contributed by atoms with Gasteiger partial charge in [0.2, 0.25) is 5.43 Å². The second-order valence-corrected chi connectivity index (χ2v) is 8.47. The van der Waals surface area contributed by atoms with Crippen molar-refractivity contribution in [2.45, 2.75) is 25.6 Å². The summed E-state index contributed by atoms with van der Waals surface area (Å²) in [6.45, 7) is 3.53. The summed E-state index contributed by atoms with van der Waals surface area (Å²) < 4.78 is 41.1. The Morgan fingerprint density at radius 1 is 1.03 bits per heavy atom. The van der Waals surface area contributed by atoms with E-state index in [4.69, 9.17) is 0 Å². The van der Waals surface area contributed by atoms with E-state index in [1.807, 2.05) is 21.6 Å². The fraction of sp³-hybridized carbons (Fsp3) is 0.333. The molecule has 0 unspecified atom stereocenters. The maximum absolute atomic E-state index is 13.2. The van der Waals surface area contributed by atoms with Gasteiger partial charge in [-0.1, -0.05) is 18.2 Å². The van der Waals surface area contributed by atoms with E-state index in [1.54, 1.807) is 23.2 Å². The zero-order valence-electron chi connectivity index (χ0n) is 17.5. The van der Waals surface area contributed by atoms with Crippen LogP contribution >= 0.6 is 0 Å². The Morgan fingerprint density at radius 3 is 2.47 bits per heavy atom. The first-order valence-electron chi connectivity index (χ1n) is 10.6. The number of amides is 1. The Bertz CT molecular complexity index is 1270. The Labute approximate surface area is 182 Å². The lowest BCUT2D eigenvalue weighted by atomic mass is 10.1. The van der Waals surface area contributed by atoms with Crippen LogP contribution in [0.4, 0.5) is 18.9 Å². The molecule has 5 nitrogen and oxygen atoms in total. The third-order valence-electron chi connectivity index (χ3n) is 6.46. The molecule has 0 bridgehead atoms. The number of para-hydroxylation sites is 1. The molecule has 0 radical (unpaired) electrons. The van der Waals surface area contributed by atoms with Gasteiger partial charge in [-0.05, 0) is 43.2 Å². The summed E-state index contributed by atoms with van der Waals surface area (Å²) in [5.74, 6) is -0.325. The number of carbonyl (C=O) groups is 1. The van der Waals surface area contributed by atoms with Crippen molar-refractivity contribution in [3.63, 3.8) is 0 Å². The summed E-state index contributed by atoms with van der Waals surface area (Å²) in [5, 5.41) is 0.556. The predicted octanol–water partition coefficient (Wildman–Crippen LogP) is 4.10. The Kier molecular flexibility index (Phi) is 4.76. The lowest BCUT2D eigenvalue weighted by molar-refractivity contribution is -0.137. The van der Waals surface area contributed by atoms with E-state index in [-0.39, 0.29) is 22.9 Å². The molecule has 1 amide bonds. The standard InChI is InChI=1S/C24H22F3N3O2/c1-15-12-16-4-2-7-19-21(16)30(15)14-20(22(19)31)23(32)29-10-8-28(9-11-29)18-6-3-5-17(13-18)24(25,26)27/h2-7,13-15H,8-12H2,1H3/t15-/m1/s1. The maximum Gasteiger partial charge on any atom is 0.416 e. The number of hydrogen-bond acceptors (Lipinski definition) is 3. The van der Waals surface area contributed by atoms with Crippen LogP contribution in [0.3, 0.4) is 0 Å². The van der Waals surface area contributed by atoms with Gasteiger partial charge in [0.25, 0.3) is 5.91 Å². The molecular weight excluding hydrogens is 419 g/mol. The molecule has 1 atom stereocenters. The largest absolute Gasteiger partial charge is 0.416 e. The monoisotopic (exact) mass is 441 g/mol. The van der Waals surface area contributed by atoms with Crippen LogP contribution < -0.4 is 10.3 Å². The van der Waals surface area contributed by atoms with Crippen LogP contribution in [0.5, 0.6) is 0 Å². The summed E-state index contributed by atoms with van der Waals surface area (Å²) in [6, 6.07) is 11.0. The average molecular weight is 441 g/mol. The quantitative estimate of drug-likeness (QED) is 0.602. The molecule has 8 heteroatoms. The first-order chi connectivity index (χ1) is 15.2. The van der Waals surface area contributed by atoms with Gasteiger partial charge in [0.15, 0.2) is 0 Å². The molecule has 5 rings (SSSR count). The molecule has 1 fully saturated rings. The van der Waals surface area contributed by atoms with E-state index < -0.39 is 11.7 Å². The van der Waals surface area contributed by atoms with Crippen molar-refractivity contribution in [1.29, 1.82) is 0 Å². The normalized spacial score (nSPS) is 18.4. The fourth-order valence-corrected chi connectivity index (χ4v) is 4.79. The van der Waals surface area contributed by atoms with Gasteiger partial charge >= 0.3 is 6.18 Å². The number of piperazine rings is 1. The summed E-state index contributed by atoms with van der Waals surface area (Å²) >= 11 is 0. The minimum Gasteiger partial charge on any atom is -0.368 e. The summed E-state index contributed by atoms with van der Waals surface area (Å²) in [6.07, 6.45) is -1.90. The van der Waals surface area contributed by atoms with Crippen LogP contribution in [0.25, 0.3) is 10.9 Å². The number of alkyl halides is 3. The molecular formula is C24H22F3N3O2. The fourth-order valence-electron chi connectivity index (χ4n) is 4.79. The van der Waals surface area contributed by atoms with Crippen molar-refractivity contribution in [3.8, 4) is 0 Å². The molecule has 166 valence electrons. The van der Waals surface area contributed by atoms with Gasteiger partial charge in [-0.25, -0.2) is 0 Å². The third kappa shape index (κ3) is 3.34. The molecule has 3 heterocycles. The highest BCUT2D eigenvalue weighted by Gasteiger charge is 2.32. The first kappa shape index (κ1) is 20.6. The maximum atomic E-state index is 13.2. The number of aromatic nitrogens is 1. The number of halogens is 3. The second-order valence-electron chi connectivity index (χ2n) is 8.47. The zero-order chi connectivity index (χ0) is 22.6. The number of nitrogens with zero attached hydrogens (tertiary/aromatic N) is 3. The van der Waals surface area contributed by atoms with E-state index in [9.17, 15) is 22.8 Å². The van der Waals surface area contributed by atoms with Crippen molar-refractivity contribution in [2.24, 2.45) is 0 Å². The SMILES string of the molecule is C[C@@H]1Cc2cccc3c(=O)c(C(=O)N4CCN(c5cccc(C(F)(F)F)c5)CC4)cn1c23. The van der Waals surface area contributed by atoms with Gasteiger partial charge in [0, 0.05) is 49.5 Å². The molecule has 1 aromatic heterocycles. The summed E-state index contributed by atoms with van der Waals surface area (Å²) in [7, 11) is 0. The van der Waals surface area contributed by atoms with Crippen LogP contribution in [0.1, 0.15) is 34.5 Å². The van der Waals surface area contributed by atoms with Crippen molar-refractivity contribution >= 4 is 22.5 Å². The first-order valence-corrected chi connectivity index (χ1v) is 10.6. The van der Waals surface area contributed by atoms with Crippen LogP contribution in [-0.2, 0) is 12.6 Å². The van der Waals surface area contributed by atoms with Gasteiger partial charge < -0.3 is 14.4 Å². The Balaban J connectivity index is 1.38. The van der Waals surface area contributed by atoms with Crippen molar-refractivity contribution in [1.82, 2.24) is 9.47 Å². The summed E-state index contributed by atoms with van der Waals surface area (Å²) in [5.41, 5.74) is 1.68. The highest BCUT2D eigenvalue weighted by Crippen LogP contribution is 2.33. The van der Waals surface area contributed by atoms with E-state index in [0.717, 1.165) is 29.6 Å². The van der Waals surface area contributed by atoms with Crippen LogP contribution in [0.15, 0.2) is 53.5 Å². The van der Waals surface area contributed by atoms with E-state index in [1.165, 1.54) is 6.07 Å². The number of pyridine rings is 1. The van der Waals surface area contributed by atoms with Gasteiger partial charge in [-0.15, -0.1) is 0 Å². The number of rotatable bonds is 2. The summed E-state index contributed by atoms with van der Waals surface area (Å²) in [4.78, 5) is 29.8. The molecule has 0 saturated carbocycles. The zero-order valence-corrected chi connectivity index (χ0v) is 17.5. The van der Waals surface area contributed by atoms with E-state index in [2.05, 4.69) is 6.92 Å². The van der Waals surface area contributed by atoms with E-state index >= 15 is 0 Å². The molecule has 2 aliphatic heterocycles. The van der Waals surface area contributed by atoms with Crippen LogP contribution in [-0.4, -0.2) is 41.6 Å².